The molecule has 0 aliphatic heterocycles. The maximum Gasteiger partial charge on any atom is 0.333 e. The molecule has 5 aromatic rings. The number of para-hydroxylation sites is 1. The van der Waals surface area contributed by atoms with Crippen molar-refractivity contribution in [3.63, 3.8) is 0 Å². The monoisotopic (exact) mass is 437 g/mol. The summed E-state index contributed by atoms with van der Waals surface area (Å²) in [5.41, 5.74) is 5.45. The maximum absolute atomic E-state index is 13.2. The smallest absolute Gasteiger partial charge is 0.292 e. The second-order valence-electron chi connectivity index (χ2n) is 7.78. The molecule has 8 heteroatoms. The molecule has 0 radical (unpaired) electrons. The molecule has 0 aliphatic rings. The minimum Gasteiger partial charge on any atom is -0.292 e. The van der Waals surface area contributed by atoms with E-state index in [4.69, 9.17) is 0 Å². The Hall–Kier alpha value is -4.33. The molecule has 8 nitrogen and oxygen atoms in total. The number of hydrogen-bond acceptors (Lipinski definition) is 5. The van der Waals surface area contributed by atoms with Crippen molar-refractivity contribution in [2.75, 3.05) is 0 Å². The van der Waals surface area contributed by atoms with Crippen molar-refractivity contribution in [1.82, 2.24) is 34.7 Å². The molecule has 0 saturated carbocycles. The SMILES string of the molecule is CCCc1cn(-c2ccccc2)c(=O)n1Cc1ccc(-c2ncccc2-c2nn[nH]n2)cc1. The van der Waals surface area contributed by atoms with Gasteiger partial charge in [0.1, 0.15) is 0 Å². The second kappa shape index (κ2) is 9.04. The largest absolute Gasteiger partial charge is 0.333 e. The van der Waals surface area contributed by atoms with Gasteiger partial charge in [-0.25, -0.2) is 4.79 Å². The third-order valence-corrected chi connectivity index (χ3v) is 5.56. The summed E-state index contributed by atoms with van der Waals surface area (Å²) in [6, 6.07) is 21.6. The number of aryl methyl sites for hydroxylation is 1. The molecule has 0 aliphatic carbocycles. The fourth-order valence-electron chi connectivity index (χ4n) is 3.97. The first kappa shape index (κ1) is 20.6. The highest BCUT2D eigenvalue weighted by Gasteiger charge is 2.14. The van der Waals surface area contributed by atoms with Gasteiger partial charge in [0.15, 0.2) is 0 Å². The van der Waals surface area contributed by atoms with Gasteiger partial charge < -0.3 is 0 Å². The molecular weight excluding hydrogens is 414 g/mol. The number of aromatic nitrogens is 7. The van der Waals surface area contributed by atoms with E-state index in [1.807, 2.05) is 77.5 Å². The summed E-state index contributed by atoms with van der Waals surface area (Å²) in [6.45, 7) is 2.63. The van der Waals surface area contributed by atoms with Crippen LogP contribution in [0, 0.1) is 0 Å². The van der Waals surface area contributed by atoms with Crippen molar-refractivity contribution in [2.24, 2.45) is 0 Å². The number of hydrogen-bond donors (Lipinski definition) is 1. The van der Waals surface area contributed by atoms with E-state index in [1.165, 1.54) is 0 Å². The summed E-state index contributed by atoms with van der Waals surface area (Å²) in [5.74, 6) is 0.500. The fourth-order valence-corrected chi connectivity index (χ4v) is 3.97. The van der Waals surface area contributed by atoms with Crippen LogP contribution in [0.15, 0.2) is 83.9 Å². The number of H-pyrrole nitrogens is 1. The zero-order valence-corrected chi connectivity index (χ0v) is 18.2. The predicted molar refractivity (Wildman–Crippen MR) is 126 cm³/mol. The van der Waals surface area contributed by atoms with E-state index < -0.39 is 0 Å². The molecule has 0 fully saturated rings. The third-order valence-electron chi connectivity index (χ3n) is 5.56. The molecule has 5 rings (SSSR count). The standard InChI is InChI=1S/C25H23N7O/c1-2-7-21-17-32(20-8-4-3-5-9-20)25(33)31(21)16-18-11-13-19(14-12-18)23-22(10-6-15-26-23)24-27-29-30-28-24/h3-6,8-15,17H,2,7,16H2,1H3,(H,27,28,29,30). The van der Waals surface area contributed by atoms with Gasteiger partial charge in [0.05, 0.1) is 17.9 Å². The Morgan fingerprint density at radius 2 is 1.79 bits per heavy atom. The maximum atomic E-state index is 13.2. The molecule has 33 heavy (non-hydrogen) atoms. The zero-order chi connectivity index (χ0) is 22.6. The van der Waals surface area contributed by atoms with E-state index in [2.05, 4.69) is 32.5 Å². The van der Waals surface area contributed by atoms with Crippen LogP contribution in [0.5, 0.6) is 0 Å². The van der Waals surface area contributed by atoms with Crippen LogP contribution in [0.25, 0.3) is 28.3 Å². The summed E-state index contributed by atoms with van der Waals surface area (Å²) in [5, 5.41) is 14.3. The number of pyridine rings is 1. The van der Waals surface area contributed by atoms with Crippen LogP contribution < -0.4 is 5.69 Å². The molecular formula is C25H23N7O. The van der Waals surface area contributed by atoms with Crippen LogP contribution >= 0.6 is 0 Å². The highest BCUT2D eigenvalue weighted by atomic mass is 16.1. The molecule has 0 atom stereocenters. The van der Waals surface area contributed by atoms with Crippen LogP contribution in [-0.2, 0) is 13.0 Å². The van der Waals surface area contributed by atoms with Gasteiger partial charge in [-0.1, -0.05) is 55.8 Å². The van der Waals surface area contributed by atoms with Gasteiger partial charge in [-0.05, 0) is 41.5 Å². The highest BCUT2D eigenvalue weighted by molar-refractivity contribution is 5.76. The van der Waals surface area contributed by atoms with Crippen molar-refractivity contribution < 1.29 is 0 Å². The Bertz CT molecular complexity index is 1400. The first-order valence-electron chi connectivity index (χ1n) is 10.9. The number of nitrogens with one attached hydrogen (secondary N) is 1. The predicted octanol–water partition coefficient (Wildman–Crippen LogP) is 3.88. The lowest BCUT2D eigenvalue weighted by Gasteiger charge is -2.09. The molecule has 3 heterocycles. The third kappa shape index (κ3) is 4.10. The van der Waals surface area contributed by atoms with Crippen LogP contribution in [0.3, 0.4) is 0 Å². The Morgan fingerprint density at radius 1 is 0.970 bits per heavy atom. The lowest BCUT2D eigenvalue weighted by atomic mass is 10.0. The van der Waals surface area contributed by atoms with Crippen molar-refractivity contribution in [3.05, 3.63) is 101 Å². The van der Waals surface area contributed by atoms with Crippen molar-refractivity contribution >= 4 is 0 Å². The Kier molecular flexibility index (Phi) is 5.63. The number of nitrogens with zero attached hydrogens (tertiary/aromatic N) is 6. The summed E-state index contributed by atoms with van der Waals surface area (Å²) in [7, 11) is 0. The summed E-state index contributed by atoms with van der Waals surface area (Å²) in [6.07, 6.45) is 5.52. The van der Waals surface area contributed by atoms with Gasteiger partial charge >= 0.3 is 5.69 Å². The quantitative estimate of drug-likeness (QED) is 0.417. The van der Waals surface area contributed by atoms with Crippen LogP contribution in [0.2, 0.25) is 0 Å². The first-order valence-corrected chi connectivity index (χ1v) is 10.9. The summed E-state index contributed by atoms with van der Waals surface area (Å²) >= 11 is 0. The van der Waals surface area contributed by atoms with Gasteiger partial charge in [0.25, 0.3) is 0 Å². The van der Waals surface area contributed by atoms with E-state index in [0.717, 1.165) is 46.6 Å². The van der Waals surface area contributed by atoms with E-state index in [0.29, 0.717) is 12.4 Å². The summed E-state index contributed by atoms with van der Waals surface area (Å²) in [4.78, 5) is 17.8. The molecule has 0 saturated heterocycles. The lowest BCUT2D eigenvalue weighted by Crippen LogP contribution is -2.24. The number of imidazole rings is 1. The second-order valence-corrected chi connectivity index (χ2v) is 7.78. The fraction of sp³-hybridized carbons (Fsp3) is 0.160. The van der Waals surface area contributed by atoms with E-state index in [-0.39, 0.29) is 5.69 Å². The molecule has 0 bridgehead atoms. The zero-order valence-electron chi connectivity index (χ0n) is 18.2. The van der Waals surface area contributed by atoms with Crippen LogP contribution in [0.4, 0.5) is 0 Å². The molecule has 0 amide bonds. The molecule has 164 valence electrons. The number of rotatable bonds is 7. The van der Waals surface area contributed by atoms with Crippen LogP contribution in [-0.4, -0.2) is 34.7 Å². The highest BCUT2D eigenvalue weighted by Crippen LogP contribution is 2.27. The van der Waals surface area contributed by atoms with Gasteiger partial charge in [-0.2, -0.15) is 5.21 Å². The summed E-state index contributed by atoms with van der Waals surface area (Å²) < 4.78 is 3.58. The Balaban J connectivity index is 1.46. The van der Waals surface area contributed by atoms with Crippen LogP contribution in [0.1, 0.15) is 24.6 Å². The van der Waals surface area contributed by atoms with Crippen molar-refractivity contribution in [2.45, 2.75) is 26.3 Å². The van der Waals surface area contributed by atoms with E-state index in [9.17, 15) is 4.79 Å². The van der Waals surface area contributed by atoms with Crippen molar-refractivity contribution in [3.8, 4) is 28.3 Å². The normalized spacial score (nSPS) is 11.1. The molecule has 2 aromatic carbocycles. The molecule has 3 aromatic heterocycles. The van der Waals surface area contributed by atoms with E-state index in [1.54, 1.807) is 10.8 Å². The van der Waals surface area contributed by atoms with Gasteiger partial charge in [0, 0.05) is 29.2 Å². The Morgan fingerprint density at radius 3 is 2.52 bits per heavy atom. The average molecular weight is 438 g/mol. The Labute approximate surface area is 190 Å². The average Bonchev–Trinajstić information content (AvgIpc) is 3.50. The minimum absolute atomic E-state index is 0.0298. The lowest BCUT2D eigenvalue weighted by molar-refractivity contribution is 0.691. The number of aromatic amines is 1. The topological polar surface area (TPSA) is 94.3 Å². The first-order chi connectivity index (χ1) is 16.2. The van der Waals surface area contributed by atoms with Gasteiger partial charge in [-0.15, -0.1) is 10.2 Å². The van der Waals surface area contributed by atoms with Gasteiger partial charge in [-0.3, -0.25) is 14.1 Å². The van der Waals surface area contributed by atoms with Gasteiger partial charge in [0.2, 0.25) is 5.82 Å². The number of tetrazole rings is 1. The minimum atomic E-state index is -0.0298. The molecule has 0 spiro atoms. The van der Waals surface area contributed by atoms with Crippen molar-refractivity contribution in [1.29, 1.82) is 0 Å². The molecule has 1 N–H and O–H groups in total. The molecule has 0 unspecified atom stereocenters. The van der Waals surface area contributed by atoms with E-state index >= 15 is 0 Å². The number of benzene rings is 2.